The summed E-state index contributed by atoms with van der Waals surface area (Å²) in [4.78, 5) is 14.1. The molecular weight excluding hydrogens is 288 g/mol. The second-order valence-electron chi connectivity index (χ2n) is 6.01. The lowest BCUT2D eigenvalue weighted by molar-refractivity contribution is 0.0779. The van der Waals surface area contributed by atoms with Gasteiger partial charge in [0.05, 0.1) is 11.9 Å². The summed E-state index contributed by atoms with van der Waals surface area (Å²) < 4.78 is 24.8. The zero-order chi connectivity index (χ0) is 15.8. The molecule has 21 heavy (non-hydrogen) atoms. The van der Waals surface area contributed by atoms with Crippen molar-refractivity contribution in [3.05, 3.63) is 29.3 Å². The molecule has 1 aliphatic heterocycles. The van der Waals surface area contributed by atoms with E-state index in [-0.39, 0.29) is 5.91 Å². The molecule has 1 amide bonds. The Morgan fingerprint density at radius 3 is 2.62 bits per heavy atom. The third-order valence-electron chi connectivity index (χ3n) is 3.57. The molecule has 116 valence electrons. The summed E-state index contributed by atoms with van der Waals surface area (Å²) in [5.41, 5.74) is 2.23. The van der Waals surface area contributed by atoms with Crippen LogP contribution in [0.5, 0.6) is 0 Å². The SMILES string of the molecule is CC(C)CN(C)C(=O)c1ccc2c(c1)CCN2S(C)(=O)=O. The van der Waals surface area contributed by atoms with Crippen LogP contribution in [0.2, 0.25) is 0 Å². The number of rotatable bonds is 4. The van der Waals surface area contributed by atoms with E-state index in [0.29, 0.717) is 36.7 Å². The van der Waals surface area contributed by atoms with Crippen LogP contribution in [0.15, 0.2) is 18.2 Å². The third kappa shape index (κ3) is 3.37. The Morgan fingerprint density at radius 2 is 2.05 bits per heavy atom. The number of sulfonamides is 1. The van der Waals surface area contributed by atoms with E-state index in [1.807, 2.05) is 6.07 Å². The van der Waals surface area contributed by atoms with E-state index < -0.39 is 10.0 Å². The zero-order valence-corrected chi connectivity index (χ0v) is 13.8. The van der Waals surface area contributed by atoms with Crippen molar-refractivity contribution in [1.29, 1.82) is 0 Å². The van der Waals surface area contributed by atoms with Gasteiger partial charge >= 0.3 is 0 Å². The first kappa shape index (κ1) is 15.8. The van der Waals surface area contributed by atoms with E-state index in [4.69, 9.17) is 0 Å². The molecule has 0 saturated heterocycles. The topological polar surface area (TPSA) is 57.7 Å². The minimum absolute atomic E-state index is 0.0238. The second-order valence-corrected chi connectivity index (χ2v) is 7.91. The van der Waals surface area contributed by atoms with Crippen molar-refractivity contribution < 1.29 is 13.2 Å². The van der Waals surface area contributed by atoms with Gasteiger partial charge in [0, 0.05) is 25.7 Å². The molecule has 0 radical (unpaired) electrons. The molecule has 1 heterocycles. The Hall–Kier alpha value is -1.56. The molecule has 0 aromatic heterocycles. The summed E-state index contributed by atoms with van der Waals surface area (Å²) in [6.07, 6.45) is 1.86. The third-order valence-corrected chi connectivity index (χ3v) is 4.75. The van der Waals surface area contributed by atoms with Crippen LogP contribution in [-0.4, -0.2) is 45.6 Å². The smallest absolute Gasteiger partial charge is 0.253 e. The highest BCUT2D eigenvalue weighted by atomic mass is 32.2. The number of nitrogens with zero attached hydrogens (tertiary/aromatic N) is 2. The van der Waals surface area contributed by atoms with E-state index in [9.17, 15) is 13.2 Å². The first-order valence-corrected chi connectivity index (χ1v) is 8.91. The Kier molecular flexibility index (Phi) is 4.27. The Labute approximate surface area is 126 Å². The van der Waals surface area contributed by atoms with Crippen LogP contribution in [-0.2, 0) is 16.4 Å². The lowest BCUT2D eigenvalue weighted by Crippen LogP contribution is -2.30. The molecule has 5 nitrogen and oxygen atoms in total. The Morgan fingerprint density at radius 1 is 1.38 bits per heavy atom. The average Bonchev–Trinajstić information content (AvgIpc) is 2.79. The fourth-order valence-electron chi connectivity index (χ4n) is 2.70. The van der Waals surface area contributed by atoms with Gasteiger partial charge < -0.3 is 4.90 Å². The first-order valence-electron chi connectivity index (χ1n) is 7.06. The number of amides is 1. The summed E-state index contributed by atoms with van der Waals surface area (Å²) >= 11 is 0. The molecule has 0 aliphatic carbocycles. The van der Waals surface area contributed by atoms with Gasteiger partial charge in [-0.1, -0.05) is 13.8 Å². The predicted molar refractivity (Wildman–Crippen MR) is 84.1 cm³/mol. The maximum Gasteiger partial charge on any atom is 0.253 e. The molecule has 1 aromatic carbocycles. The molecule has 0 fully saturated rings. The number of carbonyl (C=O) groups excluding carboxylic acids is 1. The molecule has 2 rings (SSSR count). The molecule has 0 saturated carbocycles. The largest absolute Gasteiger partial charge is 0.341 e. The maximum absolute atomic E-state index is 12.4. The van der Waals surface area contributed by atoms with Gasteiger partial charge in [-0.05, 0) is 36.1 Å². The molecule has 1 aliphatic rings. The molecule has 6 heteroatoms. The van der Waals surface area contributed by atoms with Crippen molar-refractivity contribution in [3.8, 4) is 0 Å². The second kappa shape index (κ2) is 5.67. The number of benzene rings is 1. The van der Waals surface area contributed by atoms with E-state index in [0.717, 1.165) is 5.56 Å². The fourth-order valence-corrected chi connectivity index (χ4v) is 3.66. The van der Waals surface area contributed by atoms with Gasteiger partial charge in [0.25, 0.3) is 5.91 Å². The lowest BCUT2D eigenvalue weighted by atomic mass is 10.1. The van der Waals surface area contributed by atoms with Gasteiger partial charge in [-0.25, -0.2) is 8.42 Å². The standard InChI is InChI=1S/C15H22N2O3S/c1-11(2)10-16(3)15(18)13-5-6-14-12(9-13)7-8-17(14)21(4,19)20/h5-6,9,11H,7-8,10H2,1-4H3. The van der Waals surface area contributed by atoms with Crippen molar-refractivity contribution in [1.82, 2.24) is 4.90 Å². The summed E-state index contributed by atoms with van der Waals surface area (Å²) in [7, 11) is -1.45. The average molecular weight is 310 g/mol. The fraction of sp³-hybridized carbons (Fsp3) is 0.533. The predicted octanol–water partition coefficient (Wildman–Crippen LogP) is 1.74. The molecule has 0 N–H and O–H groups in total. The van der Waals surface area contributed by atoms with E-state index >= 15 is 0 Å². The van der Waals surface area contributed by atoms with E-state index in [1.165, 1.54) is 10.6 Å². The number of hydrogen-bond acceptors (Lipinski definition) is 3. The van der Waals surface area contributed by atoms with Crippen molar-refractivity contribution in [2.75, 3.05) is 30.7 Å². The normalized spacial score (nSPS) is 14.4. The maximum atomic E-state index is 12.4. The van der Waals surface area contributed by atoms with Crippen molar-refractivity contribution in [2.45, 2.75) is 20.3 Å². The van der Waals surface area contributed by atoms with Crippen LogP contribution in [0.4, 0.5) is 5.69 Å². The highest BCUT2D eigenvalue weighted by Crippen LogP contribution is 2.30. The molecule has 0 unspecified atom stereocenters. The molecule has 0 spiro atoms. The van der Waals surface area contributed by atoms with Crippen LogP contribution >= 0.6 is 0 Å². The van der Waals surface area contributed by atoms with Crippen LogP contribution in [0, 0.1) is 5.92 Å². The quantitative estimate of drug-likeness (QED) is 0.851. The molecule has 1 aromatic rings. The van der Waals surface area contributed by atoms with E-state index in [2.05, 4.69) is 13.8 Å². The van der Waals surface area contributed by atoms with Crippen LogP contribution < -0.4 is 4.31 Å². The van der Waals surface area contributed by atoms with Crippen LogP contribution in [0.25, 0.3) is 0 Å². The highest BCUT2D eigenvalue weighted by Gasteiger charge is 2.27. The van der Waals surface area contributed by atoms with Crippen molar-refractivity contribution in [3.63, 3.8) is 0 Å². The van der Waals surface area contributed by atoms with Crippen molar-refractivity contribution >= 4 is 21.6 Å². The summed E-state index contributed by atoms with van der Waals surface area (Å²) in [5, 5.41) is 0. The molecule has 0 bridgehead atoms. The number of fused-ring (bicyclic) bond motifs is 1. The summed E-state index contributed by atoms with van der Waals surface area (Å²) in [6.45, 7) is 5.28. The van der Waals surface area contributed by atoms with Crippen LogP contribution in [0.1, 0.15) is 29.8 Å². The first-order chi connectivity index (χ1) is 9.70. The Balaban J connectivity index is 2.26. The van der Waals surface area contributed by atoms with Crippen molar-refractivity contribution in [2.24, 2.45) is 5.92 Å². The van der Waals surface area contributed by atoms with Gasteiger partial charge in [-0.2, -0.15) is 0 Å². The molecular formula is C15H22N2O3S. The van der Waals surface area contributed by atoms with E-state index in [1.54, 1.807) is 24.1 Å². The zero-order valence-electron chi connectivity index (χ0n) is 13.0. The monoisotopic (exact) mass is 310 g/mol. The molecule has 0 atom stereocenters. The number of anilines is 1. The minimum atomic E-state index is -3.24. The van der Waals surface area contributed by atoms with Gasteiger partial charge in [0.1, 0.15) is 0 Å². The number of carbonyl (C=O) groups is 1. The van der Waals surface area contributed by atoms with Gasteiger partial charge in [0.2, 0.25) is 10.0 Å². The number of hydrogen-bond donors (Lipinski definition) is 0. The summed E-state index contributed by atoms with van der Waals surface area (Å²) in [5.74, 6) is 0.387. The Bertz CT molecular complexity index is 653. The minimum Gasteiger partial charge on any atom is -0.341 e. The van der Waals surface area contributed by atoms with Crippen LogP contribution in [0.3, 0.4) is 0 Å². The van der Waals surface area contributed by atoms with Gasteiger partial charge in [0.15, 0.2) is 0 Å². The van der Waals surface area contributed by atoms with Gasteiger partial charge in [-0.15, -0.1) is 0 Å². The highest BCUT2D eigenvalue weighted by molar-refractivity contribution is 7.92. The summed E-state index contributed by atoms with van der Waals surface area (Å²) in [6, 6.07) is 5.26. The van der Waals surface area contributed by atoms with Gasteiger partial charge in [-0.3, -0.25) is 9.10 Å². The lowest BCUT2D eigenvalue weighted by Gasteiger charge is -2.20.